The molecule has 0 amide bonds. The second kappa shape index (κ2) is 3.44. The molecule has 0 heterocycles. The molecule has 0 radical (unpaired) electrons. The van der Waals surface area contributed by atoms with Gasteiger partial charge >= 0.3 is 0 Å². The molecule has 0 N–H and O–H groups in total. The molecule has 1 nitrogen and oxygen atoms in total. The van der Waals surface area contributed by atoms with Gasteiger partial charge in [0, 0.05) is 11.0 Å². The Balaban J connectivity index is 2.23. The highest BCUT2D eigenvalue weighted by Crippen LogP contribution is 2.47. The van der Waals surface area contributed by atoms with Crippen molar-refractivity contribution in [3.8, 4) is 0 Å². The van der Waals surface area contributed by atoms with Gasteiger partial charge < -0.3 is 0 Å². The zero-order valence-corrected chi connectivity index (χ0v) is 10.6. The predicted molar refractivity (Wildman–Crippen MR) is 66.8 cm³/mol. The van der Waals surface area contributed by atoms with E-state index in [4.69, 9.17) is 0 Å². The molecule has 16 heavy (non-hydrogen) atoms. The molecule has 0 atom stereocenters. The van der Waals surface area contributed by atoms with Crippen LogP contribution in [0.1, 0.15) is 56.5 Å². The van der Waals surface area contributed by atoms with Gasteiger partial charge in [-0.05, 0) is 23.8 Å². The predicted octanol–water partition coefficient (Wildman–Crippen LogP) is 3.97. The number of hydrogen-bond acceptors (Lipinski definition) is 1. The number of ketones is 1. The average Bonchev–Trinajstić information content (AvgIpc) is 2.96. The maximum atomic E-state index is 12.0. The van der Waals surface area contributed by atoms with Crippen molar-refractivity contribution in [2.24, 2.45) is 5.41 Å². The molecule has 1 aliphatic rings. The van der Waals surface area contributed by atoms with E-state index in [1.807, 2.05) is 32.9 Å². The van der Waals surface area contributed by atoms with Crippen LogP contribution in [0.25, 0.3) is 0 Å². The number of hydrogen-bond donors (Lipinski definition) is 0. The first-order valence-electron chi connectivity index (χ1n) is 5.98. The Morgan fingerprint density at radius 1 is 1.12 bits per heavy atom. The largest absolute Gasteiger partial charge is 0.294 e. The van der Waals surface area contributed by atoms with Gasteiger partial charge in [-0.2, -0.15) is 0 Å². The highest BCUT2D eigenvalue weighted by atomic mass is 16.1. The van der Waals surface area contributed by atoms with Gasteiger partial charge in [0.05, 0.1) is 0 Å². The van der Waals surface area contributed by atoms with Crippen molar-refractivity contribution in [1.82, 2.24) is 0 Å². The molecular weight excluding hydrogens is 196 g/mol. The van der Waals surface area contributed by atoms with E-state index >= 15 is 0 Å². The number of Topliss-reactive ketones (excluding diaryl/α,β-unsaturated/α-hetero) is 1. The summed E-state index contributed by atoms with van der Waals surface area (Å²) in [6.45, 7) is 8.18. The van der Waals surface area contributed by atoms with Crippen LogP contribution in [-0.4, -0.2) is 5.78 Å². The standard InChI is InChI=1S/C15H20O/c1-14(2,3)13(16)11-5-7-12(8-6-11)15(4)9-10-15/h5-8H,9-10H2,1-4H3. The van der Waals surface area contributed by atoms with Gasteiger partial charge in [0.25, 0.3) is 0 Å². The number of carbonyl (C=O) groups is 1. The molecule has 1 aromatic rings. The Hall–Kier alpha value is -1.11. The summed E-state index contributed by atoms with van der Waals surface area (Å²) in [4.78, 5) is 12.0. The van der Waals surface area contributed by atoms with Gasteiger partial charge in [-0.3, -0.25) is 4.79 Å². The number of benzene rings is 1. The smallest absolute Gasteiger partial charge is 0.168 e. The summed E-state index contributed by atoms with van der Waals surface area (Å²) < 4.78 is 0. The SMILES string of the molecule is CC(C)(C)C(=O)c1ccc(C2(C)CC2)cc1. The fourth-order valence-corrected chi connectivity index (χ4v) is 1.93. The fraction of sp³-hybridized carbons (Fsp3) is 0.533. The Kier molecular flexibility index (Phi) is 2.45. The Bertz CT molecular complexity index is 402. The van der Waals surface area contributed by atoms with Crippen LogP contribution in [0, 0.1) is 5.41 Å². The maximum absolute atomic E-state index is 12.0. The summed E-state index contributed by atoms with van der Waals surface area (Å²) in [6.07, 6.45) is 2.55. The minimum absolute atomic E-state index is 0.222. The number of rotatable bonds is 2. The first-order chi connectivity index (χ1) is 7.33. The molecular formula is C15H20O. The zero-order chi connectivity index (χ0) is 12.0. The third kappa shape index (κ3) is 2.04. The van der Waals surface area contributed by atoms with E-state index in [9.17, 15) is 4.79 Å². The zero-order valence-electron chi connectivity index (χ0n) is 10.6. The van der Waals surface area contributed by atoms with Crippen LogP contribution < -0.4 is 0 Å². The molecule has 0 saturated heterocycles. The van der Waals surface area contributed by atoms with Gasteiger partial charge in [0.15, 0.2) is 5.78 Å². The van der Waals surface area contributed by atoms with Crippen molar-refractivity contribution in [2.45, 2.75) is 46.0 Å². The first-order valence-corrected chi connectivity index (χ1v) is 5.98. The lowest BCUT2D eigenvalue weighted by Gasteiger charge is -2.17. The van der Waals surface area contributed by atoms with Crippen LogP contribution in [0.5, 0.6) is 0 Å². The molecule has 0 aromatic heterocycles. The highest BCUT2D eigenvalue weighted by molar-refractivity contribution is 5.99. The van der Waals surface area contributed by atoms with E-state index in [-0.39, 0.29) is 11.2 Å². The highest BCUT2D eigenvalue weighted by Gasteiger charge is 2.38. The van der Waals surface area contributed by atoms with Gasteiger partial charge in [0.2, 0.25) is 0 Å². The van der Waals surface area contributed by atoms with E-state index in [1.165, 1.54) is 18.4 Å². The summed E-state index contributed by atoms with van der Waals surface area (Å²) in [5.41, 5.74) is 2.31. The third-order valence-corrected chi connectivity index (χ3v) is 3.53. The second-order valence-electron chi connectivity index (χ2n) is 6.22. The maximum Gasteiger partial charge on any atom is 0.168 e. The molecule has 1 fully saturated rings. The summed E-state index contributed by atoms with van der Waals surface area (Å²) in [5.74, 6) is 0.222. The van der Waals surface area contributed by atoms with E-state index in [0.29, 0.717) is 5.41 Å². The quantitative estimate of drug-likeness (QED) is 0.684. The van der Waals surface area contributed by atoms with Crippen LogP contribution in [0.2, 0.25) is 0 Å². The van der Waals surface area contributed by atoms with Crippen molar-refractivity contribution >= 4 is 5.78 Å². The van der Waals surface area contributed by atoms with Gasteiger partial charge in [-0.1, -0.05) is 52.0 Å². The molecule has 1 heteroatoms. The molecule has 2 rings (SSSR count). The summed E-state index contributed by atoms with van der Waals surface area (Å²) in [5, 5.41) is 0. The molecule has 1 aliphatic carbocycles. The molecule has 1 saturated carbocycles. The van der Waals surface area contributed by atoms with Gasteiger partial charge in [-0.15, -0.1) is 0 Å². The van der Waals surface area contributed by atoms with Crippen molar-refractivity contribution < 1.29 is 4.79 Å². The molecule has 1 aromatic carbocycles. The minimum atomic E-state index is -0.287. The second-order valence-corrected chi connectivity index (χ2v) is 6.22. The lowest BCUT2D eigenvalue weighted by atomic mass is 9.85. The van der Waals surface area contributed by atoms with Gasteiger partial charge in [0.1, 0.15) is 0 Å². The van der Waals surface area contributed by atoms with Crippen molar-refractivity contribution in [3.05, 3.63) is 35.4 Å². The van der Waals surface area contributed by atoms with Crippen molar-refractivity contribution in [3.63, 3.8) is 0 Å². The minimum Gasteiger partial charge on any atom is -0.294 e. The van der Waals surface area contributed by atoms with Gasteiger partial charge in [-0.25, -0.2) is 0 Å². The summed E-state index contributed by atoms with van der Waals surface area (Å²) in [6, 6.07) is 8.19. The molecule has 0 spiro atoms. The van der Waals surface area contributed by atoms with Crippen LogP contribution >= 0.6 is 0 Å². The molecule has 86 valence electrons. The Morgan fingerprint density at radius 3 is 2.00 bits per heavy atom. The van der Waals surface area contributed by atoms with Crippen LogP contribution in [-0.2, 0) is 5.41 Å². The Morgan fingerprint density at radius 2 is 1.62 bits per heavy atom. The van der Waals surface area contributed by atoms with Crippen molar-refractivity contribution in [2.75, 3.05) is 0 Å². The molecule has 0 unspecified atom stereocenters. The molecule has 0 bridgehead atoms. The monoisotopic (exact) mass is 216 g/mol. The van der Waals surface area contributed by atoms with Crippen LogP contribution in [0.4, 0.5) is 0 Å². The van der Waals surface area contributed by atoms with Crippen molar-refractivity contribution in [1.29, 1.82) is 0 Å². The van der Waals surface area contributed by atoms with E-state index < -0.39 is 0 Å². The van der Waals surface area contributed by atoms with Crippen LogP contribution in [0.3, 0.4) is 0 Å². The lowest BCUT2D eigenvalue weighted by Crippen LogP contribution is -2.20. The number of carbonyl (C=O) groups excluding carboxylic acids is 1. The average molecular weight is 216 g/mol. The first kappa shape index (κ1) is 11.4. The third-order valence-electron chi connectivity index (χ3n) is 3.53. The summed E-state index contributed by atoms with van der Waals surface area (Å²) in [7, 11) is 0. The summed E-state index contributed by atoms with van der Waals surface area (Å²) >= 11 is 0. The van der Waals surface area contributed by atoms with E-state index in [1.54, 1.807) is 0 Å². The normalized spacial score (nSPS) is 18.2. The van der Waals surface area contributed by atoms with E-state index in [2.05, 4.69) is 19.1 Å². The topological polar surface area (TPSA) is 17.1 Å². The lowest BCUT2D eigenvalue weighted by molar-refractivity contribution is 0.0858. The van der Waals surface area contributed by atoms with E-state index in [0.717, 1.165) is 5.56 Å². The van der Waals surface area contributed by atoms with Crippen LogP contribution in [0.15, 0.2) is 24.3 Å². The Labute approximate surface area is 97.9 Å². The fourth-order valence-electron chi connectivity index (χ4n) is 1.93. The molecule has 0 aliphatic heterocycles.